The molecule has 5 nitrogen and oxygen atoms in total. The number of rotatable bonds is 4. The van der Waals surface area contributed by atoms with E-state index in [4.69, 9.17) is 0 Å². The van der Waals surface area contributed by atoms with Crippen LogP contribution in [0.2, 0.25) is 0 Å². The zero-order valence-electron chi connectivity index (χ0n) is 8.50. The van der Waals surface area contributed by atoms with Crippen molar-refractivity contribution in [3.63, 3.8) is 0 Å². The Morgan fingerprint density at radius 3 is 2.79 bits per heavy atom. The SMILES string of the molecule is CCNc1ncc(Br)c(NN(C)C)n1. The van der Waals surface area contributed by atoms with Crippen LogP contribution in [0.5, 0.6) is 0 Å². The fourth-order valence-electron chi connectivity index (χ4n) is 0.901. The molecular formula is C8H14BrN5. The van der Waals surface area contributed by atoms with Crippen LogP contribution in [0.1, 0.15) is 6.92 Å². The Bertz CT molecular complexity index is 302. The van der Waals surface area contributed by atoms with E-state index in [1.165, 1.54) is 0 Å². The Balaban J connectivity index is 2.84. The Hall–Kier alpha value is -0.880. The van der Waals surface area contributed by atoms with Gasteiger partial charge in [-0.15, -0.1) is 0 Å². The molecule has 0 spiro atoms. The Morgan fingerprint density at radius 1 is 1.50 bits per heavy atom. The number of halogens is 1. The summed E-state index contributed by atoms with van der Waals surface area (Å²) in [6.45, 7) is 2.81. The van der Waals surface area contributed by atoms with Gasteiger partial charge in [-0.3, -0.25) is 0 Å². The molecule has 0 saturated carbocycles. The molecule has 0 aliphatic heterocycles. The van der Waals surface area contributed by atoms with Gasteiger partial charge in [-0.25, -0.2) is 9.99 Å². The maximum atomic E-state index is 4.28. The Labute approximate surface area is 92.0 Å². The summed E-state index contributed by atoms with van der Waals surface area (Å²) < 4.78 is 0.841. The van der Waals surface area contributed by atoms with Crippen LogP contribution in [-0.2, 0) is 0 Å². The summed E-state index contributed by atoms with van der Waals surface area (Å²) in [5, 5.41) is 4.87. The zero-order chi connectivity index (χ0) is 10.6. The summed E-state index contributed by atoms with van der Waals surface area (Å²) in [6, 6.07) is 0. The molecule has 0 aromatic carbocycles. The number of anilines is 2. The lowest BCUT2D eigenvalue weighted by molar-refractivity contribution is 0.491. The first-order valence-corrected chi connectivity index (χ1v) is 5.13. The highest BCUT2D eigenvalue weighted by atomic mass is 79.9. The van der Waals surface area contributed by atoms with Crippen molar-refractivity contribution in [2.24, 2.45) is 0 Å². The first-order valence-electron chi connectivity index (χ1n) is 4.34. The van der Waals surface area contributed by atoms with Crippen LogP contribution < -0.4 is 10.7 Å². The molecule has 6 heteroatoms. The molecule has 0 bridgehead atoms. The van der Waals surface area contributed by atoms with Gasteiger partial charge < -0.3 is 10.7 Å². The predicted molar refractivity (Wildman–Crippen MR) is 61.2 cm³/mol. The number of nitrogens with zero attached hydrogens (tertiary/aromatic N) is 3. The summed E-state index contributed by atoms with van der Waals surface area (Å²) >= 11 is 3.37. The number of nitrogens with one attached hydrogen (secondary N) is 2. The smallest absolute Gasteiger partial charge is 0.224 e. The highest BCUT2D eigenvalue weighted by Gasteiger charge is 2.04. The van der Waals surface area contributed by atoms with Gasteiger partial charge >= 0.3 is 0 Å². The van der Waals surface area contributed by atoms with Crippen molar-refractivity contribution in [3.05, 3.63) is 10.7 Å². The van der Waals surface area contributed by atoms with Gasteiger partial charge in [0.1, 0.15) is 0 Å². The summed E-state index contributed by atoms with van der Waals surface area (Å²) in [6.07, 6.45) is 1.72. The lowest BCUT2D eigenvalue weighted by Gasteiger charge is -2.14. The first-order chi connectivity index (χ1) is 6.63. The lowest BCUT2D eigenvalue weighted by Crippen LogP contribution is -2.21. The molecule has 0 unspecified atom stereocenters. The summed E-state index contributed by atoms with van der Waals surface area (Å²) in [7, 11) is 3.81. The number of hydrazine groups is 1. The largest absolute Gasteiger partial charge is 0.354 e. The molecule has 0 fully saturated rings. The normalized spacial score (nSPS) is 10.4. The van der Waals surface area contributed by atoms with Gasteiger partial charge in [-0.1, -0.05) is 0 Å². The molecule has 0 atom stereocenters. The lowest BCUT2D eigenvalue weighted by atomic mass is 10.6. The van der Waals surface area contributed by atoms with E-state index in [1.54, 1.807) is 6.20 Å². The van der Waals surface area contributed by atoms with Crippen molar-refractivity contribution in [2.75, 3.05) is 31.4 Å². The molecular weight excluding hydrogens is 246 g/mol. The topological polar surface area (TPSA) is 53.1 Å². The van der Waals surface area contributed by atoms with Crippen molar-refractivity contribution >= 4 is 27.7 Å². The van der Waals surface area contributed by atoms with Gasteiger partial charge in [-0.05, 0) is 22.9 Å². The molecule has 0 amide bonds. The van der Waals surface area contributed by atoms with Crippen molar-refractivity contribution < 1.29 is 0 Å². The molecule has 0 radical (unpaired) electrons. The predicted octanol–water partition coefficient (Wildman–Crippen LogP) is 1.56. The molecule has 78 valence electrons. The standard InChI is InChI=1S/C8H14BrN5/c1-4-10-8-11-5-6(9)7(12-8)13-14(2)3/h5H,4H2,1-3H3,(H2,10,11,12,13). The minimum absolute atomic E-state index is 0.625. The van der Waals surface area contributed by atoms with E-state index in [0.717, 1.165) is 16.8 Å². The third-order valence-corrected chi connectivity index (χ3v) is 1.99. The van der Waals surface area contributed by atoms with Crippen LogP contribution in [0.25, 0.3) is 0 Å². The maximum absolute atomic E-state index is 4.28. The van der Waals surface area contributed by atoms with Gasteiger partial charge in [0.2, 0.25) is 5.95 Å². The van der Waals surface area contributed by atoms with Crippen LogP contribution in [0, 0.1) is 0 Å². The monoisotopic (exact) mass is 259 g/mol. The quantitative estimate of drug-likeness (QED) is 0.804. The van der Waals surface area contributed by atoms with Gasteiger partial charge in [0.05, 0.1) is 4.47 Å². The second-order valence-electron chi connectivity index (χ2n) is 2.93. The number of aromatic nitrogens is 2. The van der Waals surface area contributed by atoms with Crippen LogP contribution >= 0.6 is 15.9 Å². The average Bonchev–Trinajstić information content (AvgIpc) is 2.10. The zero-order valence-corrected chi connectivity index (χ0v) is 10.1. The highest BCUT2D eigenvalue weighted by Crippen LogP contribution is 2.19. The van der Waals surface area contributed by atoms with Crippen LogP contribution in [0.4, 0.5) is 11.8 Å². The molecule has 0 aliphatic carbocycles. The summed E-state index contributed by atoms with van der Waals surface area (Å²) in [5.41, 5.74) is 3.07. The van der Waals surface area contributed by atoms with Crippen LogP contribution in [0.15, 0.2) is 10.7 Å². The fourth-order valence-corrected chi connectivity index (χ4v) is 1.18. The first kappa shape index (κ1) is 11.2. The highest BCUT2D eigenvalue weighted by molar-refractivity contribution is 9.10. The molecule has 0 aliphatic rings. The number of hydrogen-bond acceptors (Lipinski definition) is 5. The van der Waals surface area contributed by atoms with E-state index < -0.39 is 0 Å². The third kappa shape index (κ3) is 3.12. The Kier molecular flexibility index (Phi) is 4.09. The van der Waals surface area contributed by atoms with Gasteiger partial charge in [0.15, 0.2) is 5.82 Å². The molecule has 1 rings (SSSR count). The molecule has 1 aromatic heterocycles. The molecule has 1 aromatic rings. The fraction of sp³-hybridized carbons (Fsp3) is 0.500. The van der Waals surface area contributed by atoms with E-state index in [2.05, 4.69) is 36.6 Å². The van der Waals surface area contributed by atoms with Gasteiger partial charge in [-0.2, -0.15) is 4.98 Å². The van der Waals surface area contributed by atoms with Crippen molar-refractivity contribution in [3.8, 4) is 0 Å². The molecule has 2 N–H and O–H groups in total. The van der Waals surface area contributed by atoms with E-state index in [0.29, 0.717) is 5.95 Å². The van der Waals surface area contributed by atoms with E-state index >= 15 is 0 Å². The van der Waals surface area contributed by atoms with E-state index in [-0.39, 0.29) is 0 Å². The summed E-state index contributed by atoms with van der Waals surface area (Å²) in [4.78, 5) is 8.39. The second kappa shape index (κ2) is 5.11. The Morgan fingerprint density at radius 2 is 2.21 bits per heavy atom. The van der Waals surface area contributed by atoms with Gasteiger partial charge in [0, 0.05) is 26.8 Å². The summed E-state index contributed by atoms with van der Waals surface area (Å²) in [5.74, 6) is 1.38. The van der Waals surface area contributed by atoms with Crippen molar-refractivity contribution in [1.29, 1.82) is 0 Å². The molecule has 14 heavy (non-hydrogen) atoms. The van der Waals surface area contributed by atoms with Crippen molar-refractivity contribution in [2.45, 2.75) is 6.92 Å². The third-order valence-electron chi connectivity index (χ3n) is 1.41. The molecule has 0 saturated heterocycles. The molecule has 1 heterocycles. The maximum Gasteiger partial charge on any atom is 0.224 e. The minimum Gasteiger partial charge on any atom is -0.354 e. The second-order valence-corrected chi connectivity index (χ2v) is 3.78. The van der Waals surface area contributed by atoms with Gasteiger partial charge in [0.25, 0.3) is 0 Å². The van der Waals surface area contributed by atoms with Crippen molar-refractivity contribution in [1.82, 2.24) is 15.0 Å². The minimum atomic E-state index is 0.625. The van der Waals surface area contributed by atoms with E-state index in [1.807, 2.05) is 26.0 Å². The average molecular weight is 260 g/mol. The van der Waals surface area contributed by atoms with Crippen LogP contribution in [0.3, 0.4) is 0 Å². The van der Waals surface area contributed by atoms with E-state index in [9.17, 15) is 0 Å². The number of hydrogen-bond donors (Lipinski definition) is 2. The van der Waals surface area contributed by atoms with Crippen LogP contribution in [-0.4, -0.2) is 35.6 Å².